The maximum Gasteiger partial charge on any atom is 0.427 e. The van der Waals surface area contributed by atoms with Crippen LogP contribution >= 0.6 is 22.9 Å². The van der Waals surface area contributed by atoms with Crippen molar-refractivity contribution in [1.29, 1.82) is 0 Å². The van der Waals surface area contributed by atoms with Crippen LogP contribution in [0.25, 0.3) is 0 Å². The largest absolute Gasteiger partial charge is 0.496 e. The highest BCUT2D eigenvalue weighted by atomic mass is 35.5. The van der Waals surface area contributed by atoms with Crippen molar-refractivity contribution in [3.63, 3.8) is 0 Å². The van der Waals surface area contributed by atoms with Crippen LogP contribution in [0.5, 0.6) is 5.75 Å². The number of hydrogen-bond donors (Lipinski definition) is 2. The van der Waals surface area contributed by atoms with Gasteiger partial charge in [0.15, 0.2) is 5.82 Å². The predicted molar refractivity (Wildman–Crippen MR) is 138 cm³/mol. The number of sulfonamides is 1. The third kappa shape index (κ3) is 6.12. The molecule has 0 unspecified atom stereocenters. The van der Waals surface area contributed by atoms with Crippen LogP contribution in [0, 0.1) is 11.6 Å². The molecule has 0 aliphatic heterocycles. The first-order valence-electron chi connectivity index (χ1n) is 10.8. The van der Waals surface area contributed by atoms with Gasteiger partial charge in [0.05, 0.1) is 23.3 Å². The Bertz CT molecular complexity index is 1390. The Kier molecular flexibility index (Phi) is 8.95. The van der Waals surface area contributed by atoms with Crippen LogP contribution in [0.4, 0.5) is 25.1 Å². The summed E-state index contributed by atoms with van der Waals surface area (Å²) < 4.78 is 61.2. The fraction of sp³-hybridized carbons (Fsp3) is 0.304. The summed E-state index contributed by atoms with van der Waals surface area (Å²) in [5, 5.41) is 13.3. The first kappa shape index (κ1) is 28.6. The molecule has 0 saturated heterocycles. The highest BCUT2D eigenvalue weighted by Gasteiger charge is 2.35. The molecule has 2 N–H and O–H groups in total. The zero-order chi connectivity index (χ0) is 27.5. The second kappa shape index (κ2) is 11.6. The molecule has 0 radical (unpaired) electrons. The maximum atomic E-state index is 15.0. The molecule has 1 aromatic heterocycles. The summed E-state index contributed by atoms with van der Waals surface area (Å²) in [5.74, 6) is -1.70. The second-order valence-electron chi connectivity index (χ2n) is 8.23. The molecule has 1 heterocycles. The summed E-state index contributed by atoms with van der Waals surface area (Å²) in [5.41, 5.74) is 2.07. The van der Waals surface area contributed by atoms with Crippen molar-refractivity contribution in [2.75, 3.05) is 23.8 Å². The van der Waals surface area contributed by atoms with Crippen molar-refractivity contribution < 1.29 is 31.8 Å². The van der Waals surface area contributed by atoms with Crippen molar-refractivity contribution >= 4 is 50.6 Å². The highest BCUT2D eigenvalue weighted by molar-refractivity contribution is 7.93. The number of benzene rings is 2. The first-order chi connectivity index (χ1) is 17.4. The number of ether oxygens (including phenoxy) is 1. The zero-order valence-electron chi connectivity index (χ0n) is 20.3. The number of carboxylic acid groups (broad SMARTS) is 1. The minimum Gasteiger partial charge on any atom is -0.496 e. The third-order valence-electron chi connectivity index (χ3n) is 5.64. The fourth-order valence-corrected chi connectivity index (χ4v) is 5.60. The van der Waals surface area contributed by atoms with E-state index in [2.05, 4.69) is 10.3 Å². The standard InChI is InChI=1S/C23H25ClF2N4O5S2/c1-13(2)29(3)10-15-14(17(25)5-6-20(15)35-4)9-27-19-8-18(26)21(7-16(19)24)37(33,34)30(23(31)32)22-11-36-12-28-22/h5-8,11-13,27H,9-10H2,1-4H3,(H,31,32). The minimum atomic E-state index is -4.90. The smallest absolute Gasteiger partial charge is 0.427 e. The lowest BCUT2D eigenvalue weighted by Crippen LogP contribution is -2.36. The van der Waals surface area contributed by atoms with Gasteiger partial charge in [-0.25, -0.2) is 27.0 Å². The van der Waals surface area contributed by atoms with E-state index in [-0.39, 0.29) is 33.2 Å². The number of halogens is 3. The lowest BCUT2D eigenvalue weighted by molar-refractivity contribution is 0.206. The van der Waals surface area contributed by atoms with E-state index in [0.29, 0.717) is 17.9 Å². The lowest BCUT2D eigenvalue weighted by Gasteiger charge is -2.24. The van der Waals surface area contributed by atoms with Crippen LogP contribution < -0.4 is 14.4 Å². The number of methoxy groups -OCH3 is 1. The number of amides is 1. The molecule has 0 atom stereocenters. The first-order valence-corrected chi connectivity index (χ1v) is 13.6. The van der Waals surface area contributed by atoms with Crippen LogP contribution in [0.2, 0.25) is 5.02 Å². The van der Waals surface area contributed by atoms with E-state index >= 15 is 4.39 Å². The van der Waals surface area contributed by atoms with E-state index in [1.165, 1.54) is 30.1 Å². The Morgan fingerprint density at radius 3 is 2.51 bits per heavy atom. The Morgan fingerprint density at radius 2 is 1.95 bits per heavy atom. The summed E-state index contributed by atoms with van der Waals surface area (Å²) in [4.78, 5) is 16.4. The molecule has 0 saturated carbocycles. The van der Waals surface area contributed by atoms with Crippen LogP contribution in [-0.2, 0) is 23.1 Å². The quantitative estimate of drug-likeness (QED) is 0.331. The van der Waals surface area contributed by atoms with Gasteiger partial charge >= 0.3 is 6.09 Å². The van der Waals surface area contributed by atoms with Crippen LogP contribution in [-0.4, -0.2) is 49.7 Å². The van der Waals surface area contributed by atoms with E-state index in [1.807, 2.05) is 25.8 Å². The van der Waals surface area contributed by atoms with Crippen molar-refractivity contribution in [2.24, 2.45) is 0 Å². The zero-order valence-corrected chi connectivity index (χ0v) is 22.7. The molecule has 0 bridgehead atoms. The number of nitrogens with one attached hydrogen (secondary N) is 1. The SMILES string of the molecule is COc1ccc(F)c(CNc2cc(F)c(S(=O)(=O)N(C(=O)O)c3cscn3)cc2Cl)c1CN(C)C(C)C. The van der Waals surface area contributed by atoms with Gasteiger partial charge in [-0.2, -0.15) is 0 Å². The van der Waals surface area contributed by atoms with E-state index < -0.39 is 38.5 Å². The van der Waals surface area contributed by atoms with Gasteiger partial charge in [0.1, 0.15) is 22.3 Å². The molecule has 14 heteroatoms. The van der Waals surface area contributed by atoms with E-state index in [9.17, 15) is 22.7 Å². The molecule has 2 aromatic carbocycles. The summed E-state index contributed by atoms with van der Waals surface area (Å²) in [6.07, 6.45) is -1.86. The van der Waals surface area contributed by atoms with Gasteiger partial charge in [0, 0.05) is 35.6 Å². The van der Waals surface area contributed by atoms with Gasteiger partial charge < -0.3 is 15.2 Å². The summed E-state index contributed by atoms with van der Waals surface area (Å²) >= 11 is 7.21. The number of aromatic nitrogens is 1. The van der Waals surface area contributed by atoms with Crippen molar-refractivity contribution in [2.45, 2.75) is 37.9 Å². The molecule has 3 aromatic rings. The molecule has 37 heavy (non-hydrogen) atoms. The summed E-state index contributed by atoms with van der Waals surface area (Å²) in [6.45, 7) is 4.23. The monoisotopic (exact) mass is 574 g/mol. The lowest BCUT2D eigenvalue weighted by atomic mass is 10.0. The Hall–Kier alpha value is -3.00. The number of carbonyl (C=O) groups is 1. The van der Waals surface area contributed by atoms with Crippen molar-refractivity contribution in [1.82, 2.24) is 9.88 Å². The topological polar surface area (TPSA) is 112 Å². The molecule has 0 aliphatic rings. The maximum absolute atomic E-state index is 15.0. The number of hydrogen-bond acceptors (Lipinski definition) is 8. The fourth-order valence-electron chi connectivity index (χ4n) is 3.40. The average Bonchev–Trinajstić information content (AvgIpc) is 3.33. The molecule has 1 amide bonds. The summed E-state index contributed by atoms with van der Waals surface area (Å²) in [7, 11) is -1.54. The van der Waals surface area contributed by atoms with Gasteiger partial charge in [0.25, 0.3) is 10.0 Å². The van der Waals surface area contributed by atoms with Crippen molar-refractivity contribution in [3.8, 4) is 5.75 Å². The molecule has 9 nitrogen and oxygen atoms in total. The Balaban J connectivity index is 1.95. The molecule has 0 aliphatic carbocycles. The van der Waals surface area contributed by atoms with Gasteiger partial charge in [-0.1, -0.05) is 11.6 Å². The van der Waals surface area contributed by atoms with Gasteiger partial charge in [-0.15, -0.1) is 15.6 Å². The Labute approximate surface area is 222 Å². The molecule has 200 valence electrons. The van der Waals surface area contributed by atoms with Gasteiger partial charge in [-0.05, 0) is 45.2 Å². The summed E-state index contributed by atoms with van der Waals surface area (Å²) in [6, 6.07) is 4.55. The second-order valence-corrected chi connectivity index (χ2v) is 11.1. The van der Waals surface area contributed by atoms with E-state index in [1.54, 1.807) is 0 Å². The highest BCUT2D eigenvalue weighted by Crippen LogP contribution is 2.33. The average molecular weight is 575 g/mol. The predicted octanol–water partition coefficient (Wildman–Crippen LogP) is 5.41. The number of anilines is 2. The van der Waals surface area contributed by atoms with Gasteiger partial charge in [0.2, 0.25) is 0 Å². The normalized spacial score (nSPS) is 11.7. The molecule has 0 fully saturated rings. The van der Waals surface area contributed by atoms with Crippen LogP contribution in [0.15, 0.2) is 40.1 Å². The van der Waals surface area contributed by atoms with Gasteiger partial charge in [-0.3, -0.25) is 4.90 Å². The number of thiazole rings is 1. The van der Waals surface area contributed by atoms with E-state index in [0.717, 1.165) is 23.5 Å². The Morgan fingerprint density at radius 1 is 1.24 bits per heavy atom. The third-order valence-corrected chi connectivity index (χ3v) is 8.22. The van der Waals surface area contributed by atoms with E-state index in [4.69, 9.17) is 16.3 Å². The molecule has 0 spiro atoms. The number of nitrogens with zero attached hydrogens (tertiary/aromatic N) is 3. The molecule has 3 rings (SSSR count). The molecular weight excluding hydrogens is 550 g/mol. The molecular formula is C23H25ClF2N4O5S2. The van der Waals surface area contributed by atoms with Crippen LogP contribution in [0.3, 0.4) is 0 Å². The number of rotatable bonds is 10. The van der Waals surface area contributed by atoms with Crippen molar-refractivity contribution in [3.05, 3.63) is 62.9 Å². The minimum absolute atomic E-state index is 0.0148. The van der Waals surface area contributed by atoms with Crippen LogP contribution in [0.1, 0.15) is 25.0 Å².